The fourth-order valence-electron chi connectivity index (χ4n) is 1.54. The summed E-state index contributed by atoms with van der Waals surface area (Å²) in [7, 11) is 0. The molecule has 11 heavy (non-hydrogen) atoms. The van der Waals surface area contributed by atoms with E-state index in [4.69, 9.17) is 11.5 Å². The van der Waals surface area contributed by atoms with Crippen molar-refractivity contribution in [2.24, 2.45) is 11.5 Å². The van der Waals surface area contributed by atoms with Gasteiger partial charge in [-0.3, -0.25) is 0 Å². The van der Waals surface area contributed by atoms with E-state index in [0.29, 0.717) is 0 Å². The quantitative estimate of drug-likeness (QED) is 0.693. The number of nitrogens with two attached hydrogens (primary N) is 2. The van der Waals surface area contributed by atoms with Crippen molar-refractivity contribution in [2.45, 2.75) is 50.6 Å². The molecule has 0 amide bonds. The van der Waals surface area contributed by atoms with Crippen LogP contribution in [0, 0.1) is 0 Å². The van der Waals surface area contributed by atoms with Gasteiger partial charge in [0, 0.05) is 33.1 Å². The molecule has 3 heteroatoms. The van der Waals surface area contributed by atoms with E-state index in [1.165, 1.54) is 25.7 Å². The molecule has 1 saturated carbocycles. The minimum atomic E-state index is 0. The minimum absolute atomic E-state index is 0. The monoisotopic (exact) mass is 337 g/mol. The van der Waals surface area contributed by atoms with E-state index in [1.807, 2.05) is 0 Å². The van der Waals surface area contributed by atoms with Crippen LogP contribution in [0.1, 0.15) is 38.5 Å². The van der Waals surface area contributed by atoms with E-state index in [-0.39, 0.29) is 33.1 Å². The summed E-state index contributed by atoms with van der Waals surface area (Å²) < 4.78 is 0. The van der Waals surface area contributed by atoms with Crippen molar-refractivity contribution in [1.29, 1.82) is 0 Å². The fourth-order valence-corrected chi connectivity index (χ4v) is 1.54. The summed E-state index contributed by atoms with van der Waals surface area (Å²) in [6.07, 6.45) is 7.49. The van der Waals surface area contributed by atoms with Crippen molar-refractivity contribution in [3.63, 3.8) is 0 Å². The van der Waals surface area contributed by atoms with Crippen LogP contribution in [0.4, 0.5) is 0 Å². The molecule has 0 saturated heterocycles. The average Bonchev–Trinajstić information content (AvgIpc) is 1.92. The molecule has 0 aromatic carbocycles. The molecule has 1 aliphatic carbocycles. The Labute approximate surface area is 83.4 Å². The first-order valence-corrected chi connectivity index (χ1v) is 4.32. The molecule has 1 rings (SSSR count). The van der Waals surface area contributed by atoms with Gasteiger partial charge in [-0.25, -0.2) is 0 Å². The Morgan fingerprint density at radius 3 is 1.45 bits per heavy atom. The Kier molecular flexibility index (Phi) is 6.50. The zero-order valence-corrected chi connectivity index (χ0v) is 9.14. The van der Waals surface area contributed by atoms with Gasteiger partial charge < -0.3 is 11.5 Å². The van der Waals surface area contributed by atoms with Crippen LogP contribution in [-0.2, 0) is 21.1 Å². The Morgan fingerprint density at radius 1 is 0.727 bits per heavy atom. The Bertz CT molecular complexity index is 86.1. The van der Waals surface area contributed by atoms with E-state index in [0.717, 1.165) is 12.8 Å². The van der Waals surface area contributed by atoms with Gasteiger partial charge in [0.05, 0.1) is 0 Å². The molecule has 0 bridgehead atoms. The summed E-state index contributed by atoms with van der Waals surface area (Å²) >= 11 is 0. The van der Waals surface area contributed by atoms with Crippen molar-refractivity contribution in [3.05, 3.63) is 0 Å². The number of hydrogen-bond acceptors (Lipinski definition) is 2. The van der Waals surface area contributed by atoms with Crippen LogP contribution < -0.4 is 11.5 Å². The molecule has 2 nitrogen and oxygen atoms in total. The average molecular weight is 337 g/mol. The molecule has 0 spiro atoms. The first-order chi connectivity index (χ1) is 4.80. The molecule has 0 aromatic heterocycles. The first-order valence-electron chi connectivity index (χ1n) is 4.32. The van der Waals surface area contributed by atoms with E-state index in [9.17, 15) is 0 Å². The van der Waals surface area contributed by atoms with Crippen LogP contribution in [0.15, 0.2) is 0 Å². The second kappa shape index (κ2) is 6.16. The van der Waals surface area contributed by atoms with Gasteiger partial charge in [0.15, 0.2) is 0 Å². The maximum absolute atomic E-state index is 5.82. The van der Waals surface area contributed by atoms with Crippen LogP contribution in [0.2, 0.25) is 0 Å². The van der Waals surface area contributed by atoms with Crippen molar-refractivity contribution in [2.75, 3.05) is 0 Å². The first kappa shape index (κ1) is 11.6. The van der Waals surface area contributed by atoms with Gasteiger partial charge in [0.1, 0.15) is 0 Å². The van der Waals surface area contributed by atoms with Crippen LogP contribution in [0.5, 0.6) is 0 Å². The third-order valence-electron chi connectivity index (χ3n) is 2.37. The topological polar surface area (TPSA) is 52.0 Å². The summed E-state index contributed by atoms with van der Waals surface area (Å²) in [6.45, 7) is 0. The Hall–Kier alpha value is 0.608. The van der Waals surface area contributed by atoms with Crippen LogP contribution >= 0.6 is 0 Å². The summed E-state index contributed by atoms with van der Waals surface area (Å²) in [5.74, 6) is 0. The minimum Gasteiger partial charge on any atom is -0.326 e. The van der Waals surface area contributed by atoms with E-state index < -0.39 is 0 Å². The van der Waals surface area contributed by atoms with E-state index in [1.54, 1.807) is 0 Å². The second-order valence-electron chi connectivity index (χ2n) is 3.32. The smallest absolute Gasteiger partial charge is 0.0192 e. The summed E-state index contributed by atoms with van der Waals surface area (Å²) in [5, 5.41) is 0. The third-order valence-corrected chi connectivity index (χ3v) is 2.37. The van der Waals surface area contributed by atoms with Gasteiger partial charge in [-0.1, -0.05) is 25.7 Å². The zero-order valence-electron chi connectivity index (χ0n) is 6.87. The zero-order chi connectivity index (χ0) is 7.40. The molecule has 0 unspecified atom stereocenters. The Morgan fingerprint density at radius 2 is 1.09 bits per heavy atom. The summed E-state index contributed by atoms with van der Waals surface area (Å²) in [6, 6.07) is 0.528. The molecule has 1 fully saturated rings. The van der Waals surface area contributed by atoms with Crippen LogP contribution in [-0.4, -0.2) is 12.1 Å². The molecule has 0 aromatic rings. The summed E-state index contributed by atoms with van der Waals surface area (Å²) in [4.78, 5) is 0. The molecule has 0 heterocycles. The predicted molar refractivity (Wildman–Crippen MR) is 43.7 cm³/mol. The third kappa shape index (κ3) is 4.24. The van der Waals surface area contributed by atoms with Gasteiger partial charge in [-0.15, -0.1) is 0 Å². The molecule has 1 aliphatic rings. The molecule has 4 N–H and O–H groups in total. The number of rotatable bonds is 0. The van der Waals surface area contributed by atoms with E-state index in [2.05, 4.69) is 0 Å². The molecule has 0 radical (unpaired) electrons. The fraction of sp³-hybridized carbons (Fsp3) is 1.00. The van der Waals surface area contributed by atoms with Gasteiger partial charge >= 0.3 is 0 Å². The molecule has 0 aliphatic heterocycles. The van der Waals surface area contributed by atoms with Crippen molar-refractivity contribution in [3.8, 4) is 0 Å². The van der Waals surface area contributed by atoms with Crippen LogP contribution in [0.3, 0.4) is 0 Å². The molecule has 2 atom stereocenters. The predicted octanol–water partition coefficient (Wildman–Crippen LogP) is 0.993. The molecule has 70 valence electrons. The Balaban J connectivity index is 0.000001000. The summed E-state index contributed by atoms with van der Waals surface area (Å²) in [5.41, 5.74) is 11.6. The normalized spacial score (nSPS) is 33.3. The maximum atomic E-state index is 5.82. The van der Waals surface area contributed by atoms with Gasteiger partial charge in [0.25, 0.3) is 0 Å². The molecular formula is C8H18N2Pt. The van der Waals surface area contributed by atoms with Gasteiger partial charge in [-0.2, -0.15) is 0 Å². The standard InChI is InChI=1S/C8H18N2.Pt/c9-7-5-3-1-2-4-6-8(7)10;/h7-8H,1-6,9-10H2;/t7-,8-;/m1./s1. The number of hydrogen-bond donors (Lipinski definition) is 2. The maximum Gasteiger partial charge on any atom is 0.0192 e. The largest absolute Gasteiger partial charge is 0.326 e. The van der Waals surface area contributed by atoms with Crippen molar-refractivity contribution in [1.82, 2.24) is 0 Å². The van der Waals surface area contributed by atoms with Gasteiger partial charge in [-0.05, 0) is 12.8 Å². The molecular weight excluding hydrogens is 319 g/mol. The second-order valence-corrected chi connectivity index (χ2v) is 3.32. The van der Waals surface area contributed by atoms with Crippen molar-refractivity contribution >= 4 is 0 Å². The van der Waals surface area contributed by atoms with Crippen molar-refractivity contribution < 1.29 is 21.1 Å². The van der Waals surface area contributed by atoms with Crippen LogP contribution in [0.25, 0.3) is 0 Å². The SMILES string of the molecule is N[C@@H]1CCCCCC[C@H]1N.[Pt]. The van der Waals surface area contributed by atoms with E-state index >= 15 is 0 Å². The van der Waals surface area contributed by atoms with Gasteiger partial charge in [0.2, 0.25) is 0 Å².